The largest absolute Gasteiger partial charge is 0.497 e. The highest BCUT2D eigenvalue weighted by Crippen LogP contribution is 2.40. The van der Waals surface area contributed by atoms with Crippen LogP contribution in [0.4, 0.5) is 26.3 Å². The Hall–Kier alpha value is -3.80. The zero-order chi connectivity index (χ0) is 27.8. The van der Waals surface area contributed by atoms with Gasteiger partial charge in [-0.2, -0.15) is 26.3 Å². The number of hydrogen-bond acceptors (Lipinski definition) is 5. The predicted molar refractivity (Wildman–Crippen MR) is 122 cm³/mol. The summed E-state index contributed by atoms with van der Waals surface area (Å²) in [6.45, 7) is 4.04. The van der Waals surface area contributed by atoms with Crippen molar-refractivity contribution >= 4 is 5.97 Å². The van der Waals surface area contributed by atoms with Crippen LogP contribution in [0.1, 0.15) is 42.8 Å². The standard InChI is InChI=1S/C23H23F3N2O2.C2HF3O2/c1-15(17-7-5-4-6-8-17)28-16(2)21-11-9-19(14-27-21)30-22-12-10-18(29-3)13-20(22)23(24,25)26;3-2(4,5)1(6)7/h4-16,28H,1-3H3;(H,6,7)/t15-,16-;/m1./s1. The molecule has 1 aromatic heterocycles. The molecule has 2 N–H and O–H groups in total. The van der Waals surface area contributed by atoms with Gasteiger partial charge in [-0.25, -0.2) is 4.79 Å². The lowest BCUT2D eigenvalue weighted by atomic mass is 10.1. The average molecular weight is 530 g/mol. The molecule has 0 unspecified atom stereocenters. The lowest BCUT2D eigenvalue weighted by Gasteiger charge is -2.20. The van der Waals surface area contributed by atoms with Crippen LogP contribution in [0.5, 0.6) is 17.2 Å². The summed E-state index contributed by atoms with van der Waals surface area (Å²) in [5, 5.41) is 10.6. The number of nitrogens with one attached hydrogen (secondary N) is 1. The molecule has 37 heavy (non-hydrogen) atoms. The molecule has 0 fully saturated rings. The number of rotatable bonds is 7. The van der Waals surface area contributed by atoms with Crippen LogP contribution in [0.15, 0.2) is 66.9 Å². The van der Waals surface area contributed by atoms with Crippen LogP contribution in [-0.4, -0.2) is 29.3 Å². The Morgan fingerprint density at radius 1 is 0.919 bits per heavy atom. The number of ether oxygens (including phenoxy) is 2. The molecule has 6 nitrogen and oxygen atoms in total. The van der Waals surface area contributed by atoms with Crippen LogP contribution >= 0.6 is 0 Å². The van der Waals surface area contributed by atoms with Crippen LogP contribution in [-0.2, 0) is 11.0 Å². The van der Waals surface area contributed by atoms with Gasteiger partial charge in [-0.15, -0.1) is 0 Å². The molecule has 200 valence electrons. The van der Waals surface area contributed by atoms with E-state index in [-0.39, 0.29) is 29.3 Å². The Morgan fingerprint density at radius 3 is 2.00 bits per heavy atom. The summed E-state index contributed by atoms with van der Waals surface area (Å²) >= 11 is 0. The van der Waals surface area contributed by atoms with Crippen LogP contribution < -0.4 is 14.8 Å². The fourth-order valence-corrected chi connectivity index (χ4v) is 3.08. The van der Waals surface area contributed by atoms with Crippen molar-refractivity contribution in [1.82, 2.24) is 10.3 Å². The Balaban J connectivity index is 0.000000604. The van der Waals surface area contributed by atoms with Gasteiger partial charge in [0.25, 0.3) is 0 Å². The van der Waals surface area contributed by atoms with E-state index in [0.29, 0.717) is 0 Å². The van der Waals surface area contributed by atoms with Gasteiger partial charge < -0.3 is 19.9 Å². The molecule has 2 aromatic carbocycles. The first-order chi connectivity index (χ1) is 17.2. The van der Waals surface area contributed by atoms with Gasteiger partial charge in [0.15, 0.2) is 0 Å². The van der Waals surface area contributed by atoms with Gasteiger partial charge in [-0.3, -0.25) is 4.98 Å². The first kappa shape index (κ1) is 29.4. The van der Waals surface area contributed by atoms with Gasteiger partial charge in [0.2, 0.25) is 0 Å². The molecule has 3 rings (SSSR count). The molecule has 0 radical (unpaired) electrons. The zero-order valence-corrected chi connectivity index (χ0v) is 19.9. The van der Waals surface area contributed by atoms with E-state index in [9.17, 15) is 26.3 Å². The molecule has 0 aliphatic heterocycles. The highest BCUT2D eigenvalue weighted by molar-refractivity contribution is 5.73. The molecule has 0 aliphatic rings. The maximum absolute atomic E-state index is 13.3. The molecular formula is C25H24F6N2O4. The highest BCUT2D eigenvalue weighted by Gasteiger charge is 2.38. The molecule has 12 heteroatoms. The summed E-state index contributed by atoms with van der Waals surface area (Å²) in [6, 6.07) is 17.0. The van der Waals surface area contributed by atoms with Crippen LogP contribution in [0.2, 0.25) is 0 Å². The van der Waals surface area contributed by atoms with Crippen molar-refractivity contribution in [1.29, 1.82) is 0 Å². The minimum Gasteiger partial charge on any atom is -0.497 e. The Morgan fingerprint density at radius 2 is 1.51 bits per heavy atom. The van der Waals surface area contributed by atoms with Crippen LogP contribution in [0.3, 0.4) is 0 Å². The van der Waals surface area contributed by atoms with Gasteiger partial charge in [-0.05, 0) is 49.7 Å². The van der Waals surface area contributed by atoms with Gasteiger partial charge in [0.05, 0.1) is 19.0 Å². The van der Waals surface area contributed by atoms with E-state index in [2.05, 4.69) is 17.2 Å². The summed E-state index contributed by atoms with van der Waals surface area (Å²) in [5.74, 6) is -2.73. The number of carboxylic acid groups (broad SMARTS) is 1. The maximum Gasteiger partial charge on any atom is 0.490 e. The monoisotopic (exact) mass is 530 g/mol. The molecule has 0 bridgehead atoms. The van der Waals surface area contributed by atoms with E-state index in [4.69, 9.17) is 19.4 Å². The number of alkyl halides is 6. The molecular weight excluding hydrogens is 506 g/mol. The number of halogens is 6. The first-order valence-electron chi connectivity index (χ1n) is 10.7. The number of aliphatic carboxylic acids is 1. The van der Waals surface area contributed by atoms with Crippen molar-refractivity contribution in [3.8, 4) is 17.2 Å². The molecule has 0 amide bonds. The lowest BCUT2D eigenvalue weighted by molar-refractivity contribution is -0.192. The third-order valence-electron chi connectivity index (χ3n) is 4.96. The number of carboxylic acids is 1. The van der Waals surface area contributed by atoms with Crippen LogP contribution in [0.25, 0.3) is 0 Å². The van der Waals surface area contributed by atoms with E-state index < -0.39 is 23.9 Å². The number of methoxy groups -OCH3 is 1. The van der Waals surface area contributed by atoms with E-state index in [1.807, 2.05) is 37.3 Å². The number of aromatic nitrogens is 1. The van der Waals surface area contributed by atoms with E-state index in [1.165, 1.54) is 25.4 Å². The van der Waals surface area contributed by atoms with Crippen molar-refractivity contribution in [3.05, 3.63) is 83.7 Å². The fourth-order valence-electron chi connectivity index (χ4n) is 3.08. The smallest absolute Gasteiger partial charge is 0.490 e. The molecule has 0 aliphatic carbocycles. The summed E-state index contributed by atoms with van der Waals surface area (Å²) in [7, 11) is 1.31. The minimum atomic E-state index is -5.08. The molecule has 0 spiro atoms. The lowest BCUT2D eigenvalue weighted by Crippen LogP contribution is -2.23. The Labute approximate surface area is 208 Å². The van der Waals surface area contributed by atoms with E-state index in [0.717, 1.165) is 17.3 Å². The maximum atomic E-state index is 13.3. The molecule has 2 atom stereocenters. The summed E-state index contributed by atoms with van der Waals surface area (Å²) in [6.07, 6.45) is -8.23. The second kappa shape index (κ2) is 12.4. The van der Waals surface area contributed by atoms with Gasteiger partial charge in [0, 0.05) is 12.1 Å². The zero-order valence-electron chi connectivity index (χ0n) is 19.9. The second-order valence-electron chi connectivity index (χ2n) is 7.70. The molecule has 0 saturated carbocycles. The van der Waals surface area contributed by atoms with Gasteiger partial charge in [0.1, 0.15) is 22.8 Å². The summed E-state index contributed by atoms with van der Waals surface area (Å²) in [5.41, 5.74) is 1.01. The van der Waals surface area contributed by atoms with E-state index >= 15 is 0 Å². The number of nitrogens with zero attached hydrogens (tertiary/aromatic N) is 1. The van der Waals surface area contributed by atoms with Crippen molar-refractivity contribution in [2.24, 2.45) is 0 Å². The normalized spacial score (nSPS) is 13.1. The van der Waals surface area contributed by atoms with Gasteiger partial charge >= 0.3 is 18.3 Å². The van der Waals surface area contributed by atoms with Crippen molar-refractivity contribution in [2.45, 2.75) is 38.3 Å². The van der Waals surface area contributed by atoms with E-state index in [1.54, 1.807) is 12.1 Å². The molecule has 3 aromatic rings. The Kier molecular flexibility index (Phi) is 9.89. The summed E-state index contributed by atoms with van der Waals surface area (Å²) in [4.78, 5) is 13.2. The first-order valence-corrected chi connectivity index (χ1v) is 10.7. The number of benzene rings is 2. The van der Waals surface area contributed by atoms with Crippen molar-refractivity contribution < 1.29 is 45.7 Å². The number of hydrogen-bond donors (Lipinski definition) is 2. The highest BCUT2D eigenvalue weighted by atomic mass is 19.4. The minimum absolute atomic E-state index is 0.0546. The quantitative estimate of drug-likeness (QED) is 0.322. The molecule has 0 saturated heterocycles. The topological polar surface area (TPSA) is 80.7 Å². The second-order valence-corrected chi connectivity index (χ2v) is 7.70. The van der Waals surface area contributed by atoms with Crippen LogP contribution in [0, 0.1) is 0 Å². The van der Waals surface area contributed by atoms with Gasteiger partial charge in [-0.1, -0.05) is 30.3 Å². The number of carbonyl (C=O) groups is 1. The van der Waals surface area contributed by atoms with Crippen molar-refractivity contribution in [3.63, 3.8) is 0 Å². The summed E-state index contributed by atoms with van der Waals surface area (Å²) < 4.78 is 82.1. The predicted octanol–water partition coefficient (Wildman–Crippen LogP) is 6.95. The van der Waals surface area contributed by atoms with Crippen molar-refractivity contribution in [2.75, 3.05) is 7.11 Å². The number of pyridine rings is 1. The SMILES string of the molecule is COc1ccc(Oc2ccc([C@@H](C)N[C@H](C)c3ccccc3)nc2)c(C(F)(F)F)c1.O=C(O)C(F)(F)F. The Bertz CT molecular complexity index is 1150. The fraction of sp³-hybridized carbons (Fsp3) is 0.280. The third kappa shape index (κ3) is 8.98. The third-order valence-corrected chi connectivity index (χ3v) is 4.96. The molecule has 1 heterocycles. The average Bonchev–Trinajstić information content (AvgIpc) is 2.84.